The van der Waals surface area contributed by atoms with Crippen LogP contribution in [-0.2, 0) is 17.8 Å². The summed E-state index contributed by atoms with van der Waals surface area (Å²) in [5, 5.41) is 8.26. The molecule has 0 bridgehead atoms. The lowest BCUT2D eigenvalue weighted by atomic mass is 10.1. The number of aromatic nitrogens is 3. The topological polar surface area (TPSA) is 64.8 Å². The molecule has 3 rings (SSSR count). The van der Waals surface area contributed by atoms with Crippen LogP contribution in [0, 0.1) is 0 Å². The van der Waals surface area contributed by atoms with Crippen LogP contribution in [0.5, 0.6) is 0 Å². The van der Waals surface area contributed by atoms with Gasteiger partial charge < -0.3 is 0 Å². The molecule has 0 fully saturated rings. The number of ketones is 1. The number of fused-ring (bicyclic) bond motifs is 1. The van der Waals surface area contributed by atoms with Gasteiger partial charge in [0.2, 0.25) is 0 Å². The minimum absolute atomic E-state index is 0.0639. The molecule has 0 atom stereocenters. The molecule has 3 aromatic rings. The molecule has 0 unspecified atom stereocenters. The zero-order valence-electron chi connectivity index (χ0n) is 11.3. The quantitative estimate of drug-likeness (QED) is 0.727. The average Bonchev–Trinajstić information content (AvgIpc) is 2.51. The van der Waals surface area contributed by atoms with Gasteiger partial charge in [0.15, 0.2) is 5.78 Å². The van der Waals surface area contributed by atoms with E-state index in [1.807, 2.05) is 30.3 Å². The van der Waals surface area contributed by atoms with Crippen LogP contribution in [0.3, 0.4) is 0 Å². The molecule has 0 saturated carbocycles. The fourth-order valence-corrected chi connectivity index (χ4v) is 2.17. The van der Waals surface area contributed by atoms with Gasteiger partial charge >= 0.3 is 0 Å². The molecule has 0 saturated heterocycles. The van der Waals surface area contributed by atoms with Crippen LogP contribution < -0.4 is 5.56 Å². The van der Waals surface area contributed by atoms with E-state index in [1.165, 1.54) is 0 Å². The van der Waals surface area contributed by atoms with Gasteiger partial charge in [-0.1, -0.05) is 47.7 Å². The molecule has 1 aromatic heterocycles. The van der Waals surface area contributed by atoms with Gasteiger partial charge in [0.25, 0.3) is 5.56 Å². The highest BCUT2D eigenvalue weighted by molar-refractivity contribution is 5.81. The van der Waals surface area contributed by atoms with Gasteiger partial charge in [-0.15, -0.1) is 5.10 Å². The van der Waals surface area contributed by atoms with Crippen molar-refractivity contribution in [2.24, 2.45) is 0 Å². The van der Waals surface area contributed by atoms with E-state index in [2.05, 4.69) is 10.3 Å². The second-order valence-electron chi connectivity index (χ2n) is 4.77. The Labute approximate surface area is 120 Å². The number of carbonyl (C=O) groups is 1. The Kier molecular flexibility index (Phi) is 3.55. The van der Waals surface area contributed by atoms with E-state index in [0.29, 0.717) is 10.9 Å². The van der Waals surface area contributed by atoms with E-state index in [9.17, 15) is 9.59 Å². The zero-order valence-corrected chi connectivity index (χ0v) is 11.3. The Bertz CT molecular complexity index is 841. The van der Waals surface area contributed by atoms with E-state index < -0.39 is 0 Å². The molecule has 5 nitrogen and oxygen atoms in total. The normalized spacial score (nSPS) is 10.7. The Balaban J connectivity index is 1.83. The van der Waals surface area contributed by atoms with Crippen molar-refractivity contribution in [2.75, 3.05) is 0 Å². The molecule has 21 heavy (non-hydrogen) atoms. The maximum Gasteiger partial charge on any atom is 0.278 e. The fraction of sp³-hybridized carbons (Fsp3) is 0.125. The summed E-state index contributed by atoms with van der Waals surface area (Å²) in [7, 11) is 0. The van der Waals surface area contributed by atoms with Gasteiger partial charge in [-0.3, -0.25) is 9.59 Å². The monoisotopic (exact) mass is 279 g/mol. The predicted octanol–water partition coefficient (Wildman–Crippen LogP) is 1.60. The largest absolute Gasteiger partial charge is 0.297 e. The molecular formula is C16H13N3O2. The molecule has 0 amide bonds. The average molecular weight is 279 g/mol. The van der Waals surface area contributed by atoms with Crippen LogP contribution in [0.2, 0.25) is 0 Å². The number of hydrogen-bond donors (Lipinski definition) is 0. The Morgan fingerprint density at radius 2 is 1.71 bits per heavy atom. The van der Waals surface area contributed by atoms with E-state index in [4.69, 9.17) is 0 Å². The maximum absolute atomic E-state index is 12.2. The van der Waals surface area contributed by atoms with Crippen molar-refractivity contribution in [3.8, 4) is 0 Å². The summed E-state index contributed by atoms with van der Waals surface area (Å²) in [5.41, 5.74) is 1.17. The third-order valence-electron chi connectivity index (χ3n) is 3.20. The van der Waals surface area contributed by atoms with Gasteiger partial charge in [-0.2, -0.15) is 0 Å². The molecule has 1 heterocycles. The van der Waals surface area contributed by atoms with Gasteiger partial charge in [0.1, 0.15) is 12.1 Å². The summed E-state index contributed by atoms with van der Waals surface area (Å²) in [6.07, 6.45) is 0.280. The molecule has 0 aliphatic carbocycles. The summed E-state index contributed by atoms with van der Waals surface area (Å²) in [5.74, 6) is -0.0760. The van der Waals surface area contributed by atoms with Crippen molar-refractivity contribution in [1.29, 1.82) is 0 Å². The summed E-state index contributed by atoms with van der Waals surface area (Å²) in [4.78, 5) is 24.3. The van der Waals surface area contributed by atoms with E-state index in [0.717, 1.165) is 10.2 Å². The molecule has 0 N–H and O–H groups in total. The van der Waals surface area contributed by atoms with Crippen LogP contribution in [0.1, 0.15) is 5.56 Å². The zero-order chi connectivity index (χ0) is 14.7. The molecule has 0 aliphatic rings. The molecule has 104 valence electrons. The number of carbonyl (C=O) groups excluding carboxylic acids is 1. The SMILES string of the molecule is O=C(Cc1ccccc1)Cn1nnc2ccccc2c1=O. The minimum Gasteiger partial charge on any atom is -0.297 e. The van der Waals surface area contributed by atoms with Crippen molar-refractivity contribution in [3.63, 3.8) is 0 Å². The van der Waals surface area contributed by atoms with Crippen LogP contribution in [0.15, 0.2) is 59.4 Å². The van der Waals surface area contributed by atoms with Crippen LogP contribution in [-0.4, -0.2) is 20.8 Å². The van der Waals surface area contributed by atoms with Gasteiger partial charge in [-0.05, 0) is 17.7 Å². The van der Waals surface area contributed by atoms with Crippen molar-refractivity contribution in [3.05, 3.63) is 70.5 Å². The van der Waals surface area contributed by atoms with Crippen molar-refractivity contribution in [2.45, 2.75) is 13.0 Å². The third-order valence-corrected chi connectivity index (χ3v) is 3.20. The number of hydrogen-bond acceptors (Lipinski definition) is 4. The summed E-state index contributed by atoms with van der Waals surface area (Å²) in [6.45, 7) is -0.0639. The lowest BCUT2D eigenvalue weighted by molar-refractivity contribution is -0.119. The highest BCUT2D eigenvalue weighted by atomic mass is 16.1. The first-order valence-electron chi connectivity index (χ1n) is 6.62. The molecule has 2 aromatic carbocycles. The highest BCUT2D eigenvalue weighted by Gasteiger charge is 2.09. The van der Waals surface area contributed by atoms with Crippen LogP contribution >= 0.6 is 0 Å². The van der Waals surface area contributed by atoms with Crippen molar-refractivity contribution < 1.29 is 4.79 Å². The first-order chi connectivity index (χ1) is 10.2. The van der Waals surface area contributed by atoms with Gasteiger partial charge in [-0.25, -0.2) is 4.68 Å². The number of nitrogens with zero attached hydrogens (tertiary/aromatic N) is 3. The first-order valence-corrected chi connectivity index (χ1v) is 6.62. The molecular weight excluding hydrogens is 266 g/mol. The van der Waals surface area contributed by atoms with Crippen molar-refractivity contribution >= 4 is 16.7 Å². The molecule has 0 radical (unpaired) electrons. The highest BCUT2D eigenvalue weighted by Crippen LogP contribution is 2.04. The Morgan fingerprint density at radius 3 is 2.52 bits per heavy atom. The van der Waals surface area contributed by atoms with Crippen LogP contribution in [0.25, 0.3) is 10.9 Å². The van der Waals surface area contributed by atoms with Gasteiger partial charge in [0, 0.05) is 6.42 Å². The number of Topliss-reactive ketones (excluding diaryl/α,β-unsaturated/α-hetero) is 1. The smallest absolute Gasteiger partial charge is 0.278 e. The minimum atomic E-state index is -0.290. The maximum atomic E-state index is 12.2. The summed E-state index contributed by atoms with van der Waals surface area (Å²) >= 11 is 0. The van der Waals surface area contributed by atoms with Crippen molar-refractivity contribution in [1.82, 2.24) is 15.0 Å². The van der Waals surface area contributed by atoms with E-state index in [1.54, 1.807) is 24.3 Å². The van der Waals surface area contributed by atoms with Gasteiger partial charge in [0.05, 0.1) is 5.39 Å². The Morgan fingerprint density at radius 1 is 1.00 bits per heavy atom. The molecule has 0 spiro atoms. The number of benzene rings is 2. The Hall–Kier alpha value is -2.82. The predicted molar refractivity (Wildman–Crippen MR) is 79.0 cm³/mol. The lowest BCUT2D eigenvalue weighted by Crippen LogP contribution is -2.28. The molecule has 5 heteroatoms. The standard InChI is InChI=1S/C16H13N3O2/c20-13(10-12-6-2-1-3-7-12)11-19-16(21)14-8-4-5-9-15(14)17-18-19/h1-9H,10-11H2. The second-order valence-corrected chi connectivity index (χ2v) is 4.77. The van der Waals surface area contributed by atoms with Crippen LogP contribution in [0.4, 0.5) is 0 Å². The summed E-state index contributed by atoms with van der Waals surface area (Å²) < 4.78 is 1.12. The summed E-state index contributed by atoms with van der Waals surface area (Å²) in [6, 6.07) is 16.4. The third kappa shape index (κ3) is 2.86. The fourth-order valence-electron chi connectivity index (χ4n) is 2.17. The van der Waals surface area contributed by atoms with E-state index >= 15 is 0 Å². The molecule has 0 aliphatic heterocycles. The van der Waals surface area contributed by atoms with E-state index in [-0.39, 0.29) is 24.3 Å². The lowest BCUT2D eigenvalue weighted by Gasteiger charge is -2.04. The number of rotatable bonds is 4. The second kappa shape index (κ2) is 5.66. The first kappa shape index (κ1) is 13.2.